The van der Waals surface area contributed by atoms with Crippen LogP contribution < -0.4 is 0 Å². The van der Waals surface area contributed by atoms with Gasteiger partial charge in [0.05, 0.1) is 18.7 Å². The predicted octanol–water partition coefficient (Wildman–Crippen LogP) is 4.02. The number of oxazole rings is 1. The lowest BCUT2D eigenvalue weighted by Gasteiger charge is -2.34. The van der Waals surface area contributed by atoms with E-state index in [2.05, 4.69) is 9.88 Å². The van der Waals surface area contributed by atoms with Gasteiger partial charge in [-0.1, -0.05) is 6.42 Å². The van der Waals surface area contributed by atoms with Gasteiger partial charge in [-0.25, -0.2) is 4.98 Å². The van der Waals surface area contributed by atoms with Crippen molar-refractivity contribution in [3.63, 3.8) is 0 Å². The van der Waals surface area contributed by atoms with E-state index < -0.39 is 0 Å². The lowest BCUT2D eigenvalue weighted by atomic mass is 9.99. The van der Waals surface area contributed by atoms with Gasteiger partial charge in [0.1, 0.15) is 5.76 Å². The number of aromatic nitrogens is 1. The highest BCUT2D eigenvalue weighted by atomic mass is 32.1. The number of ether oxygens (including phenoxy) is 1. The fourth-order valence-corrected chi connectivity index (χ4v) is 3.82. The third kappa shape index (κ3) is 4.05. The first-order valence-corrected chi connectivity index (χ1v) is 9.50. The Kier molecular flexibility index (Phi) is 5.68. The number of nitrogens with zero attached hydrogens (tertiary/aromatic N) is 2. The Hall–Kier alpha value is -1.66. The summed E-state index contributed by atoms with van der Waals surface area (Å²) in [5.41, 5.74) is 1.99. The van der Waals surface area contributed by atoms with E-state index in [1.165, 1.54) is 6.42 Å². The van der Waals surface area contributed by atoms with Crippen molar-refractivity contribution in [3.8, 4) is 11.5 Å². The summed E-state index contributed by atoms with van der Waals surface area (Å²) in [6, 6.07) is 2.25. The second-order valence-corrected chi connectivity index (χ2v) is 6.94. The number of thiophene rings is 1. The monoisotopic (exact) mass is 348 g/mol. The van der Waals surface area contributed by atoms with Crippen molar-refractivity contribution in [1.82, 2.24) is 9.88 Å². The molecular weight excluding hydrogens is 324 g/mol. The quantitative estimate of drug-likeness (QED) is 0.738. The van der Waals surface area contributed by atoms with Gasteiger partial charge >= 0.3 is 5.97 Å². The van der Waals surface area contributed by atoms with Crippen LogP contribution in [-0.4, -0.2) is 35.0 Å². The summed E-state index contributed by atoms with van der Waals surface area (Å²) in [7, 11) is 0. The van der Waals surface area contributed by atoms with Crippen molar-refractivity contribution < 1.29 is 13.9 Å². The van der Waals surface area contributed by atoms with Crippen LogP contribution in [0.25, 0.3) is 11.5 Å². The van der Waals surface area contributed by atoms with Gasteiger partial charge in [0.2, 0.25) is 5.89 Å². The molecule has 24 heavy (non-hydrogen) atoms. The van der Waals surface area contributed by atoms with Crippen molar-refractivity contribution in [2.75, 3.05) is 13.2 Å². The smallest absolute Gasteiger partial charge is 0.307 e. The minimum absolute atomic E-state index is 0.106. The molecule has 0 N–H and O–H groups in total. The van der Waals surface area contributed by atoms with E-state index in [0.717, 1.165) is 42.9 Å². The van der Waals surface area contributed by atoms with Gasteiger partial charge in [0, 0.05) is 23.5 Å². The molecule has 0 unspecified atom stereocenters. The number of carbonyl (C=O) groups excluding carboxylic acids is 1. The van der Waals surface area contributed by atoms with Crippen molar-refractivity contribution in [2.45, 2.75) is 52.1 Å². The zero-order chi connectivity index (χ0) is 16.9. The zero-order valence-electron chi connectivity index (χ0n) is 14.3. The molecule has 0 aliphatic carbocycles. The second-order valence-electron chi connectivity index (χ2n) is 6.16. The van der Waals surface area contributed by atoms with Crippen molar-refractivity contribution in [2.24, 2.45) is 0 Å². The van der Waals surface area contributed by atoms with E-state index in [1.54, 1.807) is 11.3 Å². The molecule has 0 saturated carbocycles. The Balaban J connectivity index is 1.70. The largest absolute Gasteiger partial charge is 0.466 e. The number of likely N-dealkylation sites (tertiary alicyclic amines) is 1. The van der Waals surface area contributed by atoms with Gasteiger partial charge in [0.25, 0.3) is 0 Å². The van der Waals surface area contributed by atoms with Crippen molar-refractivity contribution in [3.05, 3.63) is 28.3 Å². The first-order valence-electron chi connectivity index (χ1n) is 8.56. The van der Waals surface area contributed by atoms with Crippen LogP contribution >= 0.6 is 11.3 Å². The normalized spacial score (nSPS) is 18.7. The molecule has 0 amide bonds. The molecule has 0 radical (unpaired) electrons. The predicted molar refractivity (Wildman–Crippen MR) is 93.9 cm³/mol. The molecule has 2 aromatic rings. The Morgan fingerprint density at radius 1 is 1.50 bits per heavy atom. The molecule has 1 saturated heterocycles. The number of carbonyl (C=O) groups is 1. The molecule has 2 aromatic heterocycles. The summed E-state index contributed by atoms with van der Waals surface area (Å²) in [6.07, 6.45) is 3.82. The first-order chi connectivity index (χ1) is 11.7. The average molecular weight is 348 g/mol. The summed E-state index contributed by atoms with van der Waals surface area (Å²) in [6.45, 7) is 5.97. The van der Waals surface area contributed by atoms with Gasteiger partial charge in [-0.15, -0.1) is 0 Å². The topological polar surface area (TPSA) is 55.6 Å². The zero-order valence-corrected chi connectivity index (χ0v) is 15.1. The van der Waals surface area contributed by atoms with E-state index in [-0.39, 0.29) is 12.0 Å². The Morgan fingerprint density at radius 3 is 3.12 bits per heavy atom. The molecule has 1 atom stereocenters. The maximum atomic E-state index is 11.9. The van der Waals surface area contributed by atoms with E-state index in [1.807, 2.05) is 30.7 Å². The van der Waals surface area contributed by atoms with Crippen LogP contribution in [0.2, 0.25) is 0 Å². The minimum atomic E-state index is -0.106. The fraction of sp³-hybridized carbons (Fsp3) is 0.556. The van der Waals surface area contributed by atoms with Crippen LogP contribution in [0.3, 0.4) is 0 Å². The Morgan fingerprint density at radius 2 is 2.38 bits per heavy atom. The van der Waals surface area contributed by atoms with E-state index in [9.17, 15) is 4.79 Å². The van der Waals surface area contributed by atoms with Crippen LogP contribution in [0.4, 0.5) is 0 Å². The summed E-state index contributed by atoms with van der Waals surface area (Å²) >= 11 is 1.64. The van der Waals surface area contributed by atoms with Crippen LogP contribution in [0.15, 0.2) is 21.2 Å². The molecule has 3 heterocycles. The lowest BCUT2D eigenvalue weighted by molar-refractivity contribution is -0.145. The number of aryl methyl sites for hydroxylation is 1. The molecule has 1 aliphatic heterocycles. The van der Waals surface area contributed by atoms with Gasteiger partial charge < -0.3 is 9.15 Å². The molecule has 3 rings (SSSR count). The van der Waals surface area contributed by atoms with Crippen LogP contribution in [0, 0.1) is 6.92 Å². The Labute approximate surface area is 146 Å². The van der Waals surface area contributed by atoms with Crippen molar-refractivity contribution in [1.29, 1.82) is 0 Å². The third-order valence-electron chi connectivity index (χ3n) is 4.47. The molecule has 0 aromatic carbocycles. The van der Waals surface area contributed by atoms with Gasteiger partial charge in [-0.3, -0.25) is 9.69 Å². The first kappa shape index (κ1) is 17.2. The highest BCUT2D eigenvalue weighted by Crippen LogP contribution is 2.27. The molecule has 1 aliphatic rings. The molecule has 5 nitrogen and oxygen atoms in total. The number of hydrogen-bond acceptors (Lipinski definition) is 6. The molecule has 6 heteroatoms. The maximum absolute atomic E-state index is 11.9. The Bertz CT molecular complexity index is 666. The highest BCUT2D eigenvalue weighted by Gasteiger charge is 2.27. The summed E-state index contributed by atoms with van der Waals surface area (Å²) < 4.78 is 11.0. The molecular formula is C18H24N2O3S. The van der Waals surface area contributed by atoms with Gasteiger partial charge in [-0.2, -0.15) is 11.3 Å². The molecule has 0 bridgehead atoms. The van der Waals surface area contributed by atoms with Crippen LogP contribution in [0.1, 0.15) is 44.1 Å². The molecule has 130 valence electrons. The third-order valence-corrected chi connectivity index (χ3v) is 5.15. The maximum Gasteiger partial charge on any atom is 0.307 e. The van der Waals surface area contributed by atoms with E-state index >= 15 is 0 Å². The standard InChI is InChI=1S/C18H24N2O3S/c1-3-22-17(21)10-15-6-4-5-8-20(15)11-16-13(2)23-18(19-16)14-7-9-24-12-14/h7,9,12,15H,3-6,8,10-11H2,1-2H3/t15-/m1/s1. The van der Waals surface area contributed by atoms with Crippen LogP contribution in [-0.2, 0) is 16.1 Å². The van der Waals surface area contributed by atoms with E-state index in [0.29, 0.717) is 18.9 Å². The summed E-state index contributed by atoms with van der Waals surface area (Å²) in [5.74, 6) is 1.43. The minimum Gasteiger partial charge on any atom is -0.466 e. The SMILES string of the molecule is CCOC(=O)C[C@H]1CCCCN1Cc1nc(-c2ccsc2)oc1C. The second kappa shape index (κ2) is 7.94. The number of esters is 1. The van der Waals surface area contributed by atoms with Gasteiger partial charge in [-0.05, 0) is 44.7 Å². The fourth-order valence-electron chi connectivity index (χ4n) is 3.19. The average Bonchev–Trinajstić information content (AvgIpc) is 3.20. The van der Waals surface area contributed by atoms with Gasteiger partial charge in [0.15, 0.2) is 0 Å². The highest BCUT2D eigenvalue weighted by molar-refractivity contribution is 7.08. The summed E-state index contributed by atoms with van der Waals surface area (Å²) in [5, 5.41) is 4.06. The molecule has 0 spiro atoms. The lowest BCUT2D eigenvalue weighted by Crippen LogP contribution is -2.40. The van der Waals surface area contributed by atoms with Crippen molar-refractivity contribution >= 4 is 17.3 Å². The van der Waals surface area contributed by atoms with E-state index in [4.69, 9.17) is 9.15 Å². The number of rotatable bonds is 6. The number of piperidine rings is 1. The summed E-state index contributed by atoms with van der Waals surface area (Å²) in [4.78, 5) is 18.9. The van der Waals surface area contributed by atoms with Crippen LogP contribution in [0.5, 0.6) is 0 Å². The number of hydrogen-bond donors (Lipinski definition) is 0. The molecule has 1 fully saturated rings.